The fourth-order valence-corrected chi connectivity index (χ4v) is 2.25. The summed E-state index contributed by atoms with van der Waals surface area (Å²) in [5.74, 6) is -0.924. The Hall–Kier alpha value is -2.93. The third kappa shape index (κ3) is 5.06. The van der Waals surface area contributed by atoms with E-state index in [0.29, 0.717) is 11.3 Å². The highest BCUT2D eigenvalue weighted by atomic mass is 19.1. The minimum Gasteiger partial charge on any atom is -0.321 e. The molecule has 0 bridgehead atoms. The molecule has 0 saturated heterocycles. The number of aryl methyl sites for hydroxylation is 1. The van der Waals surface area contributed by atoms with Crippen molar-refractivity contribution in [3.8, 4) is 6.07 Å². The topological polar surface area (TPSA) is 52.9 Å². The zero-order valence-electron chi connectivity index (χ0n) is 13.6. The zero-order valence-corrected chi connectivity index (χ0v) is 13.6. The number of benzene rings is 2. The van der Waals surface area contributed by atoms with Crippen LogP contribution in [0, 0.1) is 17.1 Å². The minimum atomic E-state index is -0.511. The Morgan fingerprint density at radius 3 is 2.62 bits per heavy atom. The van der Waals surface area contributed by atoms with Gasteiger partial charge in [0.05, 0.1) is 0 Å². The normalized spacial score (nSPS) is 11.0. The number of nitrogens with one attached hydrogen (secondary N) is 1. The van der Waals surface area contributed by atoms with Crippen LogP contribution in [0.2, 0.25) is 0 Å². The number of carbonyl (C=O) groups excluding carboxylic acids is 1. The summed E-state index contributed by atoms with van der Waals surface area (Å²) in [6.07, 6.45) is 4.64. The maximum atomic E-state index is 13.2. The molecule has 0 radical (unpaired) electrons. The number of amides is 1. The highest BCUT2D eigenvalue weighted by molar-refractivity contribution is 6.09. The first kappa shape index (κ1) is 17.4. The zero-order chi connectivity index (χ0) is 17.4. The third-order valence-electron chi connectivity index (χ3n) is 3.56. The van der Waals surface area contributed by atoms with Gasteiger partial charge in [0.1, 0.15) is 17.5 Å². The van der Waals surface area contributed by atoms with Crippen molar-refractivity contribution in [2.24, 2.45) is 0 Å². The molecule has 24 heavy (non-hydrogen) atoms. The standard InChI is InChI=1S/C20H19FN2O/c1-2-3-5-15-8-10-19(11-9-15)23-20(24)17(14-22)12-16-6-4-7-18(21)13-16/h4,6-13H,2-3,5H2,1H3,(H,23,24)/b17-12+. The lowest BCUT2D eigenvalue weighted by atomic mass is 10.1. The minimum absolute atomic E-state index is 0.0735. The second kappa shape index (κ2) is 8.64. The third-order valence-corrected chi connectivity index (χ3v) is 3.56. The van der Waals surface area contributed by atoms with Gasteiger partial charge in [-0.05, 0) is 54.3 Å². The van der Waals surface area contributed by atoms with E-state index in [1.54, 1.807) is 6.07 Å². The Morgan fingerprint density at radius 2 is 2.00 bits per heavy atom. The number of unbranched alkanes of at least 4 members (excludes halogenated alkanes) is 1. The highest BCUT2D eigenvalue weighted by Gasteiger charge is 2.09. The lowest BCUT2D eigenvalue weighted by Gasteiger charge is -2.06. The largest absolute Gasteiger partial charge is 0.321 e. The van der Waals surface area contributed by atoms with Gasteiger partial charge in [-0.15, -0.1) is 0 Å². The molecule has 0 spiro atoms. The number of carbonyl (C=O) groups is 1. The molecule has 0 unspecified atom stereocenters. The number of halogens is 1. The lowest BCUT2D eigenvalue weighted by Crippen LogP contribution is -2.13. The van der Waals surface area contributed by atoms with Crippen molar-refractivity contribution in [1.29, 1.82) is 5.26 Å². The second-order valence-corrected chi connectivity index (χ2v) is 5.48. The molecule has 3 nitrogen and oxygen atoms in total. The van der Waals surface area contributed by atoms with Gasteiger partial charge in [0.25, 0.3) is 5.91 Å². The molecule has 4 heteroatoms. The number of hydrogen-bond acceptors (Lipinski definition) is 2. The van der Waals surface area contributed by atoms with E-state index >= 15 is 0 Å². The molecule has 0 saturated carbocycles. The van der Waals surface area contributed by atoms with Crippen molar-refractivity contribution >= 4 is 17.7 Å². The molecule has 0 heterocycles. The van der Waals surface area contributed by atoms with E-state index in [9.17, 15) is 14.4 Å². The van der Waals surface area contributed by atoms with Gasteiger partial charge >= 0.3 is 0 Å². The van der Waals surface area contributed by atoms with Gasteiger partial charge in [0.15, 0.2) is 0 Å². The van der Waals surface area contributed by atoms with Gasteiger partial charge < -0.3 is 5.32 Å². The van der Waals surface area contributed by atoms with Crippen molar-refractivity contribution in [2.75, 3.05) is 5.32 Å². The Balaban J connectivity index is 2.08. The van der Waals surface area contributed by atoms with Gasteiger partial charge in [-0.1, -0.05) is 37.6 Å². The van der Waals surface area contributed by atoms with Crippen LogP contribution >= 0.6 is 0 Å². The monoisotopic (exact) mass is 322 g/mol. The van der Waals surface area contributed by atoms with Gasteiger partial charge in [-0.2, -0.15) is 5.26 Å². The Labute approximate surface area is 141 Å². The van der Waals surface area contributed by atoms with Crippen LogP contribution in [0.25, 0.3) is 6.08 Å². The van der Waals surface area contributed by atoms with Crippen LogP contribution in [0.3, 0.4) is 0 Å². The van der Waals surface area contributed by atoms with Crippen LogP contribution in [-0.2, 0) is 11.2 Å². The molecular formula is C20H19FN2O. The van der Waals surface area contributed by atoms with Crippen LogP contribution in [0.15, 0.2) is 54.1 Å². The van der Waals surface area contributed by atoms with E-state index in [1.165, 1.54) is 29.8 Å². The van der Waals surface area contributed by atoms with E-state index in [4.69, 9.17) is 0 Å². The fraction of sp³-hybridized carbons (Fsp3) is 0.200. The number of rotatable bonds is 6. The molecule has 1 amide bonds. The molecule has 2 aromatic rings. The number of nitrogens with zero attached hydrogens (tertiary/aromatic N) is 1. The summed E-state index contributed by atoms with van der Waals surface area (Å²) in [4.78, 5) is 12.2. The molecule has 0 fully saturated rings. The Bertz CT molecular complexity index is 773. The Morgan fingerprint density at radius 1 is 1.25 bits per heavy atom. The summed E-state index contributed by atoms with van der Waals surface area (Å²) in [5, 5.41) is 11.9. The highest BCUT2D eigenvalue weighted by Crippen LogP contribution is 2.14. The number of hydrogen-bond donors (Lipinski definition) is 1. The fourth-order valence-electron chi connectivity index (χ4n) is 2.25. The first-order valence-corrected chi connectivity index (χ1v) is 7.90. The summed E-state index contributed by atoms with van der Waals surface area (Å²) in [5.41, 5.74) is 2.23. The van der Waals surface area contributed by atoms with Crippen molar-refractivity contribution in [1.82, 2.24) is 0 Å². The first-order chi connectivity index (χ1) is 11.6. The smallest absolute Gasteiger partial charge is 0.266 e. The summed E-state index contributed by atoms with van der Waals surface area (Å²) in [6.45, 7) is 2.14. The van der Waals surface area contributed by atoms with Gasteiger partial charge in [0, 0.05) is 5.69 Å². The van der Waals surface area contributed by atoms with Crippen molar-refractivity contribution < 1.29 is 9.18 Å². The number of nitriles is 1. The van der Waals surface area contributed by atoms with Crippen LogP contribution in [0.1, 0.15) is 30.9 Å². The van der Waals surface area contributed by atoms with E-state index in [0.717, 1.165) is 19.3 Å². The van der Waals surface area contributed by atoms with Crippen LogP contribution in [0.5, 0.6) is 0 Å². The van der Waals surface area contributed by atoms with Crippen molar-refractivity contribution in [3.63, 3.8) is 0 Å². The molecular weight excluding hydrogens is 303 g/mol. The van der Waals surface area contributed by atoms with E-state index in [-0.39, 0.29) is 5.57 Å². The van der Waals surface area contributed by atoms with Gasteiger partial charge in [0.2, 0.25) is 0 Å². The average molecular weight is 322 g/mol. The van der Waals surface area contributed by atoms with E-state index in [1.807, 2.05) is 30.3 Å². The molecule has 2 aromatic carbocycles. The van der Waals surface area contributed by atoms with Crippen LogP contribution < -0.4 is 5.32 Å². The summed E-state index contributed by atoms with van der Waals surface area (Å²) < 4.78 is 13.2. The molecule has 0 aliphatic heterocycles. The van der Waals surface area contributed by atoms with Crippen LogP contribution in [0.4, 0.5) is 10.1 Å². The first-order valence-electron chi connectivity index (χ1n) is 7.90. The average Bonchev–Trinajstić information content (AvgIpc) is 2.59. The van der Waals surface area contributed by atoms with Gasteiger partial charge in [-0.3, -0.25) is 4.79 Å². The van der Waals surface area contributed by atoms with Gasteiger partial charge in [-0.25, -0.2) is 4.39 Å². The predicted molar refractivity (Wildman–Crippen MR) is 93.7 cm³/mol. The number of anilines is 1. The summed E-state index contributed by atoms with van der Waals surface area (Å²) >= 11 is 0. The molecule has 1 N–H and O–H groups in total. The van der Waals surface area contributed by atoms with Crippen molar-refractivity contribution in [2.45, 2.75) is 26.2 Å². The van der Waals surface area contributed by atoms with E-state index in [2.05, 4.69) is 12.2 Å². The second-order valence-electron chi connectivity index (χ2n) is 5.48. The molecule has 0 aromatic heterocycles. The molecule has 0 aliphatic rings. The van der Waals surface area contributed by atoms with E-state index < -0.39 is 11.7 Å². The molecule has 0 atom stereocenters. The maximum absolute atomic E-state index is 13.2. The quantitative estimate of drug-likeness (QED) is 0.618. The van der Waals surface area contributed by atoms with Crippen molar-refractivity contribution in [3.05, 3.63) is 71.0 Å². The molecule has 2 rings (SSSR count). The lowest BCUT2D eigenvalue weighted by molar-refractivity contribution is -0.112. The summed E-state index contributed by atoms with van der Waals surface area (Å²) in [7, 11) is 0. The summed E-state index contributed by atoms with van der Waals surface area (Å²) in [6, 6.07) is 15.2. The maximum Gasteiger partial charge on any atom is 0.266 e. The SMILES string of the molecule is CCCCc1ccc(NC(=O)/C(C#N)=C/c2cccc(F)c2)cc1. The molecule has 0 aliphatic carbocycles. The predicted octanol–water partition coefficient (Wildman–Crippen LogP) is 4.71. The van der Waals surface area contributed by atoms with Crippen LogP contribution in [-0.4, -0.2) is 5.91 Å². The Kier molecular flexibility index (Phi) is 6.27. The molecule has 122 valence electrons.